The van der Waals surface area contributed by atoms with E-state index in [0.29, 0.717) is 5.92 Å². The van der Waals surface area contributed by atoms with Gasteiger partial charge >= 0.3 is 5.97 Å². The number of benzene rings is 6. The highest BCUT2D eigenvalue weighted by molar-refractivity contribution is 9.10. The van der Waals surface area contributed by atoms with Crippen LogP contribution in [0.5, 0.6) is 0 Å². The number of alkyl halides is 1. The van der Waals surface area contributed by atoms with Crippen LogP contribution >= 0.6 is 15.9 Å². The van der Waals surface area contributed by atoms with Crippen LogP contribution in [0.2, 0.25) is 0 Å². The maximum Gasteiger partial charge on any atom is 0.323 e. The van der Waals surface area contributed by atoms with Crippen LogP contribution in [0, 0.1) is 0 Å². The highest BCUT2D eigenvalue weighted by Gasteiger charge is 2.56. The summed E-state index contributed by atoms with van der Waals surface area (Å²) in [6.07, 6.45) is 0. The summed E-state index contributed by atoms with van der Waals surface area (Å²) < 4.78 is -0.203. The molecule has 0 aromatic heterocycles. The molecule has 0 spiro atoms. The molecule has 0 atom stereocenters. The molecule has 44 heavy (non-hydrogen) atoms. The summed E-state index contributed by atoms with van der Waals surface area (Å²) >= 11 is 4.13. The first kappa shape index (κ1) is 25.7. The molecule has 1 N–H and O–H groups in total. The maximum absolute atomic E-state index is 12.6. The van der Waals surface area contributed by atoms with E-state index in [-0.39, 0.29) is 10.2 Å². The fraction of sp³-hybridized carbons (Fsp3) is 0.0976. The Balaban J connectivity index is 0.000000123. The zero-order chi connectivity index (χ0) is 29.6. The van der Waals surface area contributed by atoms with Crippen molar-refractivity contribution in [3.05, 3.63) is 212 Å². The van der Waals surface area contributed by atoms with E-state index in [0.717, 1.165) is 33.4 Å². The molecule has 0 aliphatic heterocycles. The van der Waals surface area contributed by atoms with Crippen LogP contribution in [0.15, 0.2) is 146 Å². The van der Waals surface area contributed by atoms with Crippen LogP contribution in [0.4, 0.5) is 0 Å². The summed E-state index contributed by atoms with van der Waals surface area (Å²) in [6, 6.07) is 50.5. The molecule has 0 radical (unpaired) electrons. The van der Waals surface area contributed by atoms with Crippen molar-refractivity contribution < 1.29 is 9.90 Å². The zero-order valence-electron chi connectivity index (χ0n) is 23.7. The van der Waals surface area contributed by atoms with E-state index in [1.807, 2.05) is 54.6 Å². The third-order valence-corrected chi connectivity index (χ3v) is 11.6. The summed E-state index contributed by atoms with van der Waals surface area (Å²) in [4.78, 5) is 12.6. The first-order valence-corrected chi connectivity index (χ1v) is 15.9. The van der Waals surface area contributed by atoms with E-state index in [4.69, 9.17) is 0 Å². The Kier molecular flexibility index (Phi) is 5.35. The average molecular weight is 632 g/mol. The van der Waals surface area contributed by atoms with E-state index in [9.17, 15) is 9.90 Å². The van der Waals surface area contributed by atoms with Gasteiger partial charge in [0.2, 0.25) is 0 Å². The summed E-state index contributed by atoms with van der Waals surface area (Å²) in [7, 11) is 0. The Morgan fingerprint density at radius 1 is 0.432 bits per heavy atom. The van der Waals surface area contributed by atoms with Crippen LogP contribution < -0.4 is 0 Å². The molecule has 0 saturated carbocycles. The molecule has 6 aliphatic rings. The van der Waals surface area contributed by atoms with Gasteiger partial charge in [-0.25, -0.2) is 0 Å². The molecule has 12 rings (SSSR count). The maximum atomic E-state index is 12.6. The minimum Gasteiger partial charge on any atom is -0.480 e. The average Bonchev–Trinajstić information content (AvgIpc) is 3.08. The van der Waals surface area contributed by atoms with Crippen LogP contribution in [-0.2, 0) is 14.5 Å². The normalized spacial score (nSPS) is 23.5. The first-order valence-electron chi connectivity index (χ1n) is 15.1. The number of carboxylic acid groups (broad SMARTS) is 1. The van der Waals surface area contributed by atoms with Crippen LogP contribution in [-0.4, -0.2) is 11.1 Å². The van der Waals surface area contributed by atoms with Gasteiger partial charge in [0.1, 0.15) is 9.74 Å². The highest BCUT2D eigenvalue weighted by atomic mass is 79.9. The van der Waals surface area contributed by atoms with Gasteiger partial charge in [-0.3, -0.25) is 4.79 Å². The molecule has 210 valence electrons. The van der Waals surface area contributed by atoms with Gasteiger partial charge in [-0.05, 0) is 66.8 Å². The zero-order valence-corrected chi connectivity index (χ0v) is 25.3. The minimum atomic E-state index is -1.10. The molecule has 0 amide bonds. The molecule has 0 heterocycles. The Morgan fingerprint density at radius 3 is 0.932 bits per heavy atom. The predicted octanol–water partition coefficient (Wildman–Crippen LogP) is 9.09. The Hall–Kier alpha value is -4.73. The molecular weight excluding hydrogens is 604 g/mol. The van der Waals surface area contributed by atoms with Gasteiger partial charge in [0, 0.05) is 11.8 Å². The van der Waals surface area contributed by atoms with Crippen LogP contribution in [0.1, 0.15) is 78.6 Å². The van der Waals surface area contributed by atoms with Gasteiger partial charge < -0.3 is 5.11 Å². The highest BCUT2D eigenvalue weighted by Crippen LogP contribution is 2.62. The fourth-order valence-corrected chi connectivity index (χ4v) is 9.76. The SMILES string of the molecule is BrC12c3ccccc3C(c3ccccc31)c1ccccc12.O=C(O)C12c3ccccc3C(c3ccccc31)c1ccccc12. The third-order valence-electron chi connectivity index (χ3n) is 10.3. The van der Waals surface area contributed by atoms with Crippen molar-refractivity contribution >= 4 is 21.9 Å². The Morgan fingerprint density at radius 2 is 0.659 bits per heavy atom. The molecule has 0 saturated heterocycles. The first-order chi connectivity index (χ1) is 21.6. The van der Waals surface area contributed by atoms with E-state index in [1.165, 1.54) is 33.4 Å². The number of halogens is 1. The minimum absolute atomic E-state index is 0.125. The lowest BCUT2D eigenvalue weighted by Gasteiger charge is -2.48. The van der Waals surface area contributed by atoms with E-state index in [2.05, 4.69) is 107 Å². The standard InChI is InChI=1S/C21H14O2.C20H13Br/c22-20(23)21-16-10-4-1-7-13(16)19(14-8-2-5-11-17(14)21)15-9-3-6-12-18(15)21;21-20-16-10-4-1-7-13(16)19(14-8-2-5-11-17(14)20)15-9-3-6-12-18(15)20/h1-12,19H,(H,22,23);1-12,19H. The molecular formula is C41H27BrO2. The van der Waals surface area contributed by atoms with Gasteiger partial charge in [0.15, 0.2) is 0 Å². The Bertz CT molecular complexity index is 1930. The largest absolute Gasteiger partial charge is 0.480 e. The lowest BCUT2D eigenvalue weighted by atomic mass is 9.53. The molecule has 6 aliphatic carbocycles. The summed E-state index contributed by atoms with van der Waals surface area (Å²) in [5.41, 5.74) is 13.5. The molecule has 4 bridgehead atoms. The Labute approximate surface area is 264 Å². The van der Waals surface area contributed by atoms with Crippen molar-refractivity contribution in [3.8, 4) is 0 Å². The number of hydrogen-bond donors (Lipinski definition) is 1. The predicted molar refractivity (Wildman–Crippen MR) is 177 cm³/mol. The number of carboxylic acids is 1. The molecule has 2 nitrogen and oxygen atoms in total. The number of rotatable bonds is 1. The lowest BCUT2D eigenvalue weighted by Crippen LogP contribution is -2.47. The van der Waals surface area contributed by atoms with Crippen LogP contribution in [0.25, 0.3) is 0 Å². The second kappa shape index (κ2) is 9.14. The smallest absolute Gasteiger partial charge is 0.323 e. The lowest BCUT2D eigenvalue weighted by molar-refractivity contribution is -0.141. The van der Waals surface area contributed by atoms with Gasteiger partial charge in [0.25, 0.3) is 0 Å². The van der Waals surface area contributed by atoms with E-state index < -0.39 is 11.4 Å². The van der Waals surface area contributed by atoms with Gasteiger partial charge in [-0.15, -0.1) is 0 Å². The topological polar surface area (TPSA) is 37.3 Å². The van der Waals surface area contributed by atoms with Crippen molar-refractivity contribution in [1.29, 1.82) is 0 Å². The molecule has 3 heteroatoms. The summed E-state index contributed by atoms with van der Waals surface area (Å²) in [6.45, 7) is 0. The summed E-state index contributed by atoms with van der Waals surface area (Å²) in [5, 5.41) is 10.4. The molecule has 0 unspecified atom stereocenters. The second-order valence-corrected chi connectivity index (χ2v) is 13.3. The van der Waals surface area contributed by atoms with Crippen molar-refractivity contribution in [2.45, 2.75) is 21.6 Å². The number of aliphatic carboxylic acids is 1. The fourth-order valence-electron chi connectivity index (χ4n) is 8.68. The van der Waals surface area contributed by atoms with E-state index in [1.54, 1.807) is 0 Å². The summed E-state index contributed by atoms with van der Waals surface area (Å²) in [5.74, 6) is -0.309. The number of carbonyl (C=O) groups is 1. The monoisotopic (exact) mass is 630 g/mol. The van der Waals surface area contributed by atoms with Crippen molar-refractivity contribution in [3.63, 3.8) is 0 Å². The number of hydrogen-bond acceptors (Lipinski definition) is 1. The quantitative estimate of drug-likeness (QED) is 0.184. The van der Waals surface area contributed by atoms with Gasteiger partial charge in [-0.1, -0.05) is 162 Å². The van der Waals surface area contributed by atoms with Gasteiger partial charge in [0.05, 0.1) is 0 Å². The van der Waals surface area contributed by atoms with Crippen molar-refractivity contribution in [1.82, 2.24) is 0 Å². The molecule has 6 aromatic rings. The van der Waals surface area contributed by atoms with Gasteiger partial charge in [-0.2, -0.15) is 0 Å². The van der Waals surface area contributed by atoms with Crippen LogP contribution in [0.3, 0.4) is 0 Å². The molecule has 0 fully saturated rings. The van der Waals surface area contributed by atoms with E-state index >= 15 is 0 Å². The van der Waals surface area contributed by atoms with Crippen molar-refractivity contribution in [2.75, 3.05) is 0 Å². The third kappa shape index (κ3) is 3.03. The molecule has 6 aromatic carbocycles. The van der Waals surface area contributed by atoms with Crippen molar-refractivity contribution in [2.24, 2.45) is 0 Å². The second-order valence-electron chi connectivity index (χ2n) is 12.1.